The van der Waals surface area contributed by atoms with Crippen LogP contribution in [0, 0.1) is 5.82 Å². The van der Waals surface area contributed by atoms with Crippen LogP contribution in [0.15, 0.2) is 41.6 Å². The Bertz CT molecular complexity index is 1350. The zero-order valence-corrected chi connectivity index (χ0v) is 20.0. The number of piperidine rings is 1. The third-order valence-electron chi connectivity index (χ3n) is 6.35. The van der Waals surface area contributed by atoms with E-state index in [1.807, 2.05) is 4.90 Å². The monoisotopic (exact) mass is 500 g/mol. The van der Waals surface area contributed by atoms with Crippen LogP contribution in [0.5, 0.6) is 0 Å². The number of hydrogen-bond acceptors (Lipinski definition) is 8. The Kier molecular flexibility index (Phi) is 6.13. The maximum Gasteiger partial charge on any atom is 0.338 e. The number of ether oxygens (including phenoxy) is 1. The van der Waals surface area contributed by atoms with E-state index in [1.165, 1.54) is 37.7 Å². The van der Waals surface area contributed by atoms with Crippen LogP contribution >= 0.6 is 0 Å². The highest BCUT2D eigenvalue weighted by atomic mass is 32.2. The van der Waals surface area contributed by atoms with E-state index >= 15 is 4.39 Å². The van der Waals surface area contributed by atoms with Crippen molar-refractivity contribution in [2.45, 2.75) is 42.9 Å². The molecule has 2 aliphatic rings. The van der Waals surface area contributed by atoms with Gasteiger partial charge < -0.3 is 9.64 Å². The van der Waals surface area contributed by atoms with E-state index in [2.05, 4.69) is 20.2 Å². The van der Waals surface area contributed by atoms with Gasteiger partial charge in [0.25, 0.3) is 10.0 Å². The van der Waals surface area contributed by atoms with Crippen molar-refractivity contribution in [2.24, 2.45) is 0 Å². The lowest BCUT2D eigenvalue weighted by Crippen LogP contribution is -2.31. The second kappa shape index (κ2) is 9.25. The molecule has 2 fully saturated rings. The zero-order chi connectivity index (χ0) is 24.6. The number of carbonyl (C=O) groups excluding carboxylic acids is 1. The molecule has 2 heterocycles. The Balaban J connectivity index is 1.61. The molecular weight excluding hydrogens is 475 g/mol. The number of benzene rings is 2. The van der Waals surface area contributed by atoms with Crippen LogP contribution in [0.2, 0.25) is 0 Å². The number of anilines is 2. The summed E-state index contributed by atoms with van der Waals surface area (Å²) in [7, 11) is -2.87. The smallest absolute Gasteiger partial charge is 0.338 e. The summed E-state index contributed by atoms with van der Waals surface area (Å²) in [6, 6.07) is 7.29. The van der Waals surface area contributed by atoms with Gasteiger partial charge in [0.2, 0.25) is 0 Å². The number of hydrogen-bond donors (Lipinski definition) is 1. The van der Waals surface area contributed by atoms with E-state index in [0.717, 1.165) is 36.8 Å². The van der Waals surface area contributed by atoms with Crippen LogP contribution in [0.1, 0.15) is 53.9 Å². The molecule has 5 rings (SSSR count). The first-order valence-corrected chi connectivity index (χ1v) is 12.9. The number of esters is 1. The number of tetrazole rings is 1. The van der Waals surface area contributed by atoms with Crippen molar-refractivity contribution in [2.75, 3.05) is 29.8 Å². The topological polar surface area (TPSA) is 119 Å². The van der Waals surface area contributed by atoms with Gasteiger partial charge in [0.1, 0.15) is 12.0 Å². The summed E-state index contributed by atoms with van der Waals surface area (Å²) >= 11 is 0. The van der Waals surface area contributed by atoms with E-state index in [1.54, 1.807) is 6.07 Å². The summed E-state index contributed by atoms with van der Waals surface area (Å²) in [4.78, 5) is 14.4. The van der Waals surface area contributed by atoms with Crippen LogP contribution in [-0.2, 0) is 14.8 Å². The van der Waals surface area contributed by atoms with E-state index < -0.39 is 21.8 Å². The maximum atomic E-state index is 15.1. The molecule has 1 saturated carbocycles. The van der Waals surface area contributed by atoms with Crippen LogP contribution in [0.25, 0.3) is 5.69 Å². The molecule has 1 N–H and O–H groups in total. The molecule has 1 aliphatic carbocycles. The first kappa shape index (κ1) is 23.2. The second-order valence-corrected chi connectivity index (χ2v) is 10.4. The number of nitrogens with zero attached hydrogens (tertiary/aromatic N) is 5. The standard InChI is InChI=1S/C23H25FN6O4S/c1-34-23(31)16-6-5-7-21(22(16)15-8-9-15)35(32,33)26-18-13-19(30-14-25-27-28-30)17(24)12-20(18)29-10-3-2-4-11-29/h5-7,12-15,26H,2-4,8-11H2,1H3. The van der Waals surface area contributed by atoms with Crippen LogP contribution in [0.3, 0.4) is 0 Å². The highest BCUT2D eigenvalue weighted by molar-refractivity contribution is 7.92. The van der Waals surface area contributed by atoms with Gasteiger partial charge >= 0.3 is 5.97 Å². The Morgan fingerprint density at radius 2 is 1.91 bits per heavy atom. The second-order valence-electron chi connectivity index (χ2n) is 8.71. The quantitative estimate of drug-likeness (QED) is 0.491. The van der Waals surface area contributed by atoms with Gasteiger partial charge in [-0.15, -0.1) is 5.10 Å². The summed E-state index contributed by atoms with van der Waals surface area (Å²) < 4.78 is 51.2. The number of aromatic nitrogens is 4. The van der Waals surface area contributed by atoms with E-state index in [9.17, 15) is 13.2 Å². The van der Waals surface area contributed by atoms with Crippen LogP contribution in [-0.4, -0.2) is 54.8 Å². The number of halogens is 1. The summed E-state index contributed by atoms with van der Waals surface area (Å²) in [5.41, 5.74) is 1.36. The minimum absolute atomic E-state index is 0.0131. The van der Waals surface area contributed by atoms with Crippen LogP contribution < -0.4 is 9.62 Å². The molecule has 12 heteroatoms. The van der Waals surface area contributed by atoms with Gasteiger partial charge in [-0.3, -0.25) is 4.72 Å². The number of methoxy groups -OCH3 is 1. The molecule has 0 unspecified atom stereocenters. The minimum Gasteiger partial charge on any atom is -0.465 e. The fraction of sp³-hybridized carbons (Fsp3) is 0.391. The zero-order valence-electron chi connectivity index (χ0n) is 19.1. The largest absolute Gasteiger partial charge is 0.465 e. The Labute approximate surface area is 202 Å². The molecule has 0 spiro atoms. The Morgan fingerprint density at radius 1 is 1.14 bits per heavy atom. The molecule has 10 nitrogen and oxygen atoms in total. The van der Waals surface area contributed by atoms with E-state index in [0.29, 0.717) is 24.3 Å². The Morgan fingerprint density at radius 3 is 2.57 bits per heavy atom. The number of sulfonamides is 1. The number of nitrogens with one attached hydrogen (secondary N) is 1. The predicted molar refractivity (Wildman–Crippen MR) is 126 cm³/mol. The Hall–Kier alpha value is -3.54. The van der Waals surface area contributed by atoms with Crippen molar-refractivity contribution in [3.63, 3.8) is 0 Å². The molecule has 35 heavy (non-hydrogen) atoms. The number of rotatable bonds is 7. The van der Waals surface area contributed by atoms with Gasteiger partial charge in [-0.25, -0.2) is 17.6 Å². The van der Waals surface area contributed by atoms with Crippen molar-refractivity contribution in [1.29, 1.82) is 0 Å². The SMILES string of the molecule is COC(=O)c1cccc(S(=O)(=O)Nc2cc(-n3cnnn3)c(F)cc2N2CCCCC2)c1C1CC1. The van der Waals surface area contributed by atoms with Crippen molar-refractivity contribution < 1.29 is 22.3 Å². The molecule has 3 aromatic rings. The van der Waals surface area contributed by atoms with Crippen molar-refractivity contribution in [3.8, 4) is 5.69 Å². The summed E-state index contributed by atoms with van der Waals surface area (Å²) in [6.45, 7) is 1.37. The lowest BCUT2D eigenvalue weighted by molar-refractivity contribution is 0.0599. The third-order valence-corrected chi connectivity index (χ3v) is 7.77. The summed E-state index contributed by atoms with van der Waals surface area (Å²) in [6.07, 6.45) is 5.73. The van der Waals surface area contributed by atoms with Gasteiger partial charge in [0, 0.05) is 19.2 Å². The lowest BCUT2D eigenvalue weighted by Gasteiger charge is -2.31. The molecule has 0 atom stereocenters. The number of carbonyl (C=O) groups is 1. The van der Waals surface area contributed by atoms with Gasteiger partial charge in [-0.2, -0.15) is 4.68 Å². The van der Waals surface area contributed by atoms with Gasteiger partial charge in [0.05, 0.1) is 28.9 Å². The molecule has 1 saturated heterocycles. The fourth-order valence-electron chi connectivity index (χ4n) is 4.54. The minimum atomic E-state index is -4.14. The molecule has 0 bridgehead atoms. The van der Waals surface area contributed by atoms with E-state index in [-0.39, 0.29) is 27.8 Å². The maximum absolute atomic E-state index is 15.1. The first-order chi connectivity index (χ1) is 16.9. The molecule has 1 aliphatic heterocycles. The predicted octanol–water partition coefficient (Wildman–Crippen LogP) is 3.26. The normalized spacial score (nSPS) is 16.2. The van der Waals surface area contributed by atoms with Gasteiger partial charge in [-0.1, -0.05) is 6.07 Å². The molecule has 2 aromatic carbocycles. The lowest BCUT2D eigenvalue weighted by atomic mass is 10.0. The molecule has 0 amide bonds. The first-order valence-electron chi connectivity index (χ1n) is 11.4. The van der Waals surface area contributed by atoms with Crippen molar-refractivity contribution in [3.05, 3.63) is 53.6 Å². The average molecular weight is 501 g/mol. The highest BCUT2D eigenvalue weighted by Gasteiger charge is 2.35. The van der Waals surface area contributed by atoms with Crippen molar-refractivity contribution in [1.82, 2.24) is 20.2 Å². The highest BCUT2D eigenvalue weighted by Crippen LogP contribution is 2.45. The molecule has 1 aromatic heterocycles. The van der Waals surface area contributed by atoms with Gasteiger partial charge in [-0.05, 0) is 72.2 Å². The molecule has 184 valence electrons. The van der Waals surface area contributed by atoms with Crippen LogP contribution in [0.4, 0.5) is 15.8 Å². The molecular formula is C23H25FN6O4S. The average Bonchev–Trinajstić information content (AvgIpc) is 3.57. The van der Waals surface area contributed by atoms with Crippen molar-refractivity contribution >= 4 is 27.4 Å². The summed E-state index contributed by atoms with van der Waals surface area (Å²) in [5, 5.41) is 10.8. The van der Waals surface area contributed by atoms with E-state index in [4.69, 9.17) is 4.74 Å². The third kappa shape index (κ3) is 4.57. The summed E-state index contributed by atoms with van der Waals surface area (Å²) in [5.74, 6) is -1.20. The van der Waals surface area contributed by atoms with Gasteiger partial charge in [0.15, 0.2) is 5.82 Å². The fourth-order valence-corrected chi connectivity index (χ4v) is 5.92. The molecule has 0 radical (unpaired) electrons.